The molecule has 2 nitrogen and oxygen atoms in total. The number of aliphatic hydroxyl groups excluding tert-OH is 1. The van der Waals surface area contributed by atoms with E-state index in [1.807, 2.05) is 0 Å². The Bertz CT molecular complexity index is 222. The van der Waals surface area contributed by atoms with Gasteiger partial charge in [-0.15, -0.1) is 0 Å². The zero-order chi connectivity index (χ0) is 9.85. The van der Waals surface area contributed by atoms with E-state index in [-0.39, 0.29) is 12.1 Å². The third-order valence-corrected chi connectivity index (χ3v) is 4.61. The molecule has 2 aliphatic rings. The second-order valence-electron chi connectivity index (χ2n) is 5.79. The maximum Gasteiger partial charge on any atom is 0.0479 e. The van der Waals surface area contributed by atoms with Crippen molar-refractivity contribution in [3.63, 3.8) is 0 Å². The molecule has 0 aliphatic heterocycles. The molecule has 76 valence electrons. The van der Waals surface area contributed by atoms with E-state index in [1.54, 1.807) is 0 Å². The number of hydrogen-bond donors (Lipinski definition) is 2. The van der Waals surface area contributed by atoms with Gasteiger partial charge in [-0.2, -0.15) is 0 Å². The van der Waals surface area contributed by atoms with E-state index >= 15 is 0 Å². The zero-order valence-corrected chi connectivity index (χ0v) is 8.88. The van der Waals surface area contributed by atoms with Crippen LogP contribution in [-0.4, -0.2) is 17.3 Å². The molecule has 0 bridgehead atoms. The van der Waals surface area contributed by atoms with E-state index < -0.39 is 0 Å². The molecule has 3 N–H and O–H groups in total. The number of rotatable bonds is 1. The Labute approximate surface area is 80.5 Å². The minimum atomic E-state index is -0.135. The SMILES string of the molecule is CC1(N)CCC2C(C1CO)C2(C)C. The summed E-state index contributed by atoms with van der Waals surface area (Å²) in [5.74, 6) is 1.81. The van der Waals surface area contributed by atoms with E-state index in [0.717, 1.165) is 12.3 Å². The van der Waals surface area contributed by atoms with Crippen LogP contribution in [0.2, 0.25) is 0 Å². The monoisotopic (exact) mass is 183 g/mol. The Morgan fingerprint density at radius 3 is 2.46 bits per heavy atom. The number of nitrogens with two attached hydrogens (primary N) is 1. The van der Waals surface area contributed by atoms with E-state index in [4.69, 9.17) is 5.73 Å². The lowest BCUT2D eigenvalue weighted by atomic mass is 9.74. The van der Waals surface area contributed by atoms with Crippen molar-refractivity contribution in [2.75, 3.05) is 6.61 Å². The van der Waals surface area contributed by atoms with Crippen molar-refractivity contribution in [3.05, 3.63) is 0 Å². The Balaban J connectivity index is 2.20. The first-order valence-electron chi connectivity index (χ1n) is 5.31. The van der Waals surface area contributed by atoms with Crippen LogP contribution in [0.1, 0.15) is 33.6 Å². The largest absolute Gasteiger partial charge is 0.396 e. The van der Waals surface area contributed by atoms with Crippen molar-refractivity contribution in [1.82, 2.24) is 0 Å². The molecule has 2 saturated carbocycles. The normalized spacial score (nSPS) is 52.8. The van der Waals surface area contributed by atoms with Gasteiger partial charge in [-0.1, -0.05) is 13.8 Å². The number of aliphatic hydroxyl groups is 1. The van der Waals surface area contributed by atoms with Gasteiger partial charge in [-0.25, -0.2) is 0 Å². The highest BCUT2D eigenvalue weighted by Crippen LogP contribution is 2.68. The molecule has 0 heterocycles. The minimum absolute atomic E-state index is 0.135. The van der Waals surface area contributed by atoms with E-state index in [0.29, 0.717) is 17.3 Å². The van der Waals surface area contributed by atoms with Gasteiger partial charge >= 0.3 is 0 Å². The first-order chi connectivity index (χ1) is 5.91. The molecule has 4 unspecified atom stereocenters. The molecule has 2 heteroatoms. The summed E-state index contributed by atoms with van der Waals surface area (Å²) in [4.78, 5) is 0. The molecule has 4 atom stereocenters. The molecule has 0 radical (unpaired) electrons. The van der Waals surface area contributed by atoms with E-state index in [9.17, 15) is 5.11 Å². The van der Waals surface area contributed by atoms with Crippen LogP contribution in [0.25, 0.3) is 0 Å². The summed E-state index contributed by atoms with van der Waals surface area (Å²) in [5, 5.41) is 9.38. The van der Waals surface area contributed by atoms with Crippen LogP contribution in [0, 0.1) is 23.2 Å². The first-order valence-corrected chi connectivity index (χ1v) is 5.31. The van der Waals surface area contributed by atoms with Gasteiger partial charge in [-0.05, 0) is 37.0 Å². The third-order valence-electron chi connectivity index (χ3n) is 4.61. The molecule has 0 aromatic heterocycles. The fourth-order valence-electron chi connectivity index (χ4n) is 3.52. The van der Waals surface area contributed by atoms with E-state index in [2.05, 4.69) is 20.8 Å². The quantitative estimate of drug-likeness (QED) is 0.645. The van der Waals surface area contributed by atoms with Crippen molar-refractivity contribution >= 4 is 0 Å². The van der Waals surface area contributed by atoms with Crippen LogP contribution in [0.5, 0.6) is 0 Å². The van der Waals surface area contributed by atoms with Crippen LogP contribution in [-0.2, 0) is 0 Å². The fourth-order valence-corrected chi connectivity index (χ4v) is 3.52. The standard InChI is InChI=1S/C11H21NO/c1-10(2)7-4-5-11(3,12)8(6-13)9(7)10/h7-9,13H,4-6,12H2,1-3H3. The van der Waals surface area contributed by atoms with E-state index in [1.165, 1.54) is 6.42 Å². The van der Waals surface area contributed by atoms with Crippen molar-refractivity contribution in [1.29, 1.82) is 0 Å². The molecule has 0 aromatic carbocycles. The second-order valence-corrected chi connectivity index (χ2v) is 5.79. The molecule has 2 rings (SSSR count). The Morgan fingerprint density at radius 1 is 1.38 bits per heavy atom. The Hall–Kier alpha value is -0.0800. The number of hydrogen-bond acceptors (Lipinski definition) is 2. The number of fused-ring (bicyclic) bond motifs is 1. The van der Waals surface area contributed by atoms with Crippen molar-refractivity contribution in [2.24, 2.45) is 28.9 Å². The average Bonchev–Trinajstić information content (AvgIpc) is 2.53. The molecule has 13 heavy (non-hydrogen) atoms. The molecule has 2 aliphatic carbocycles. The molecule has 2 fully saturated rings. The molecule has 0 saturated heterocycles. The topological polar surface area (TPSA) is 46.2 Å². The fraction of sp³-hybridized carbons (Fsp3) is 1.00. The Morgan fingerprint density at radius 2 is 2.00 bits per heavy atom. The van der Waals surface area contributed by atoms with Gasteiger partial charge in [0, 0.05) is 18.1 Å². The predicted octanol–water partition coefficient (Wildman–Crippen LogP) is 1.38. The summed E-state index contributed by atoms with van der Waals surface area (Å²) in [7, 11) is 0. The lowest BCUT2D eigenvalue weighted by Gasteiger charge is -2.37. The van der Waals surface area contributed by atoms with Gasteiger partial charge in [0.1, 0.15) is 0 Å². The molecule has 0 spiro atoms. The average molecular weight is 183 g/mol. The summed E-state index contributed by atoms with van der Waals surface area (Å²) < 4.78 is 0. The van der Waals surface area contributed by atoms with Crippen LogP contribution in [0.3, 0.4) is 0 Å². The summed E-state index contributed by atoms with van der Waals surface area (Å²) in [5.41, 5.74) is 6.51. The van der Waals surface area contributed by atoms with Gasteiger partial charge in [-0.3, -0.25) is 0 Å². The Kier molecular flexibility index (Phi) is 1.81. The van der Waals surface area contributed by atoms with Gasteiger partial charge in [0.05, 0.1) is 0 Å². The van der Waals surface area contributed by atoms with Crippen LogP contribution in [0.15, 0.2) is 0 Å². The minimum Gasteiger partial charge on any atom is -0.396 e. The predicted molar refractivity (Wildman–Crippen MR) is 53.2 cm³/mol. The second kappa shape index (κ2) is 2.48. The lowest BCUT2D eigenvalue weighted by molar-refractivity contribution is 0.105. The lowest BCUT2D eigenvalue weighted by Crippen LogP contribution is -2.49. The van der Waals surface area contributed by atoms with Gasteiger partial charge in [0.2, 0.25) is 0 Å². The molecular weight excluding hydrogens is 162 g/mol. The van der Waals surface area contributed by atoms with Gasteiger partial charge < -0.3 is 10.8 Å². The third kappa shape index (κ3) is 1.15. The highest BCUT2D eigenvalue weighted by molar-refractivity contribution is 5.15. The van der Waals surface area contributed by atoms with Crippen molar-refractivity contribution in [2.45, 2.75) is 39.2 Å². The van der Waals surface area contributed by atoms with Gasteiger partial charge in [0.15, 0.2) is 0 Å². The molecule has 0 amide bonds. The van der Waals surface area contributed by atoms with Gasteiger partial charge in [0.25, 0.3) is 0 Å². The smallest absolute Gasteiger partial charge is 0.0479 e. The van der Waals surface area contributed by atoms with Crippen LogP contribution in [0.4, 0.5) is 0 Å². The first kappa shape index (κ1) is 9.47. The molecule has 0 aromatic rings. The highest BCUT2D eigenvalue weighted by Gasteiger charge is 2.65. The van der Waals surface area contributed by atoms with Crippen molar-refractivity contribution in [3.8, 4) is 0 Å². The summed E-state index contributed by atoms with van der Waals surface area (Å²) in [6.07, 6.45) is 2.32. The maximum absolute atomic E-state index is 9.38. The van der Waals surface area contributed by atoms with Crippen LogP contribution < -0.4 is 5.73 Å². The summed E-state index contributed by atoms with van der Waals surface area (Å²) >= 11 is 0. The van der Waals surface area contributed by atoms with Crippen molar-refractivity contribution < 1.29 is 5.11 Å². The zero-order valence-electron chi connectivity index (χ0n) is 8.88. The van der Waals surface area contributed by atoms with Crippen LogP contribution >= 0.6 is 0 Å². The molecular formula is C11H21NO. The summed E-state index contributed by atoms with van der Waals surface area (Å²) in [6.45, 7) is 6.98. The maximum atomic E-state index is 9.38. The summed E-state index contributed by atoms with van der Waals surface area (Å²) in [6, 6.07) is 0. The highest BCUT2D eigenvalue weighted by atomic mass is 16.3.